The summed E-state index contributed by atoms with van der Waals surface area (Å²) in [6, 6.07) is 20.4. The average molecular weight is 359 g/mol. The van der Waals surface area contributed by atoms with Gasteiger partial charge in [-0.1, -0.05) is 54.6 Å². The number of carbonyl (C=O) groups is 2. The third kappa shape index (κ3) is 3.37. The van der Waals surface area contributed by atoms with Crippen LogP contribution in [-0.4, -0.2) is 17.7 Å². The quantitative estimate of drug-likeness (QED) is 0.424. The molecule has 0 aliphatic carbocycles. The first kappa shape index (κ1) is 16.8. The molecule has 0 spiro atoms. The summed E-state index contributed by atoms with van der Waals surface area (Å²) in [4.78, 5) is 23.2. The highest BCUT2D eigenvalue weighted by Crippen LogP contribution is 2.34. The lowest BCUT2D eigenvalue weighted by Crippen LogP contribution is -2.26. The molecule has 3 N–H and O–H groups in total. The standard InChI is InChI=1S/C21H17N3O3/c22-21(26)24-23-18(15-10-9-13-5-1-2-6-14(13)11-15)12-19-16-7-3-4-8-17(16)20(25)27-19/h1-11,19H,12H2,(H3,22,24,26). The number of hydrogen-bond acceptors (Lipinski definition) is 4. The van der Waals surface area contributed by atoms with E-state index in [9.17, 15) is 9.59 Å². The Balaban J connectivity index is 1.70. The molecule has 0 fully saturated rings. The van der Waals surface area contributed by atoms with Gasteiger partial charge in [0.05, 0.1) is 11.3 Å². The van der Waals surface area contributed by atoms with E-state index in [1.165, 1.54) is 0 Å². The van der Waals surface area contributed by atoms with Gasteiger partial charge in [0.25, 0.3) is 0 Å². The molecule has 27 heavy (non-hydrogen) atoms. The number of fused-ring (bicyclic) bond motifs is 2. The van der Waals surface area contributed by atoms with Gasteiger partial charge in [-0.05, 0) is 28.5 Å². The van der Waals surface area contributed by atoms with Crippen molar-refractivity contribution in [3.8, 4) is 0 Å². The number of carbonyl (C=O) groups excluding carboxylic acids is 2. The van der Waals surface area contributed by atoms with Crippen LogP contribution in [0.5, 0.6) is 0 Å². The monoisotopic (exact) mass is 359 g/mol. The number of ether oxygens (including phenoxy) is 1. The molecule has 1 heterocycles. The molecule has 0 saturated heterocycles. The van der Waals surface area contributed by atoms with Crippen LogP contribution >= 0.6 is 0 Å². The van der Waals surface area contributed by atoms with E-state index >= 15 is 0 Å². The van der Waals surface area contributed by atoms with Crippen LogP contribution in [0.2, 0.25) is 0 Å². The van der Waals surface area contributed by atoms with Gasteiger partial charge in [0, 0.05) is 12.0 Å². The molecular formula is C21H17N3O3. The van der Waals surface area contributed by atoms with Crippen molar-refractivity contribution >= 4 is 28.5 Å². The molecule has 1 aliphatic rings. The fraction of sp³-hybridized carbons (Fsp3) is 0.0952. The summed E-state index contributed by atoms with van der Waals surface area (Å²) in [5, 5.41) is 6.31. The number of urea groups is 1. The van der Waals surface area contributed by atoms with Crippen molar-refractivity contribution in [1.82, 2.24) is 5.43 Å². The fourth-order valence-electron chi connectivity index (χ4n) is 3.27. The molecule has 2 amide bonds. The Morgan fingerprint density at radius 2 is 1.78 bits per heavy atom. The minimum Gasteiger partial charge on any atom is -0.453 e. The molecule has 134 valence electrons. The molecule has 0 bridgehead atoms. The highest BCUT2D eigenvalue weighted by Gasteiger charge is 2.31. The number of benzene rings is 3. The Labute approximate surface area is 155 Å². The van der Waals surface area contributed by atoms with E-state index in [0.29, 0.717) is 17.7 Å². The molecule has 0 radical (unpaired) electrons. The Hall–Kier alpha value is -3.67. The maximum atomic E-state index is 12.1. The number of cyclic esters (lactones) is 1. The Kier molecular flexibility index (Phi) is 4.30. The van der Waals surface area contributed by atoms with E-state index in [2.05, 4.69) is 10.5 Å². The molecule has 6 heteroatoms. The van der Waals surface area contributed by atoms with E-state index in [4.69, 9.17) is 10.5 Å². The second-order valence-electron chi connectivity index (χ2n) is 6.28. The summed E-state index contributed by atoms with van der Waals surface area (Å²) in [5.41, 5.74) is 10.2. The van der Waals surface area contributed by atoms with Crippen molar-refractivity contribution in [2.24, 2.45) is 10.8 Å². The predicted molar refractivity (Wildman–Crippen MR) is 102 cm³/mol. The van der Waals surface area contributed by atoms with Crippen LogP contribution in [0.3, 0.4) is 0 Å². The van der Waals surface area contributed by atoms with Crippen molar-refractivity contribution in [1.29, 1.82) is 0 Å². The van der Waals surface area contributed by atoms with Crippen molar-refractivity contribution in [2.75, 3.05) is 0 Å². The van der Waals surface area contributed by atoms with Crippen LogP contribution in [0.4, 0.5) is 4.79 Å². The Bertz CT molecular complexity index is 1070. The number of nitrogens with two attached hydrogens (primary N) is 1. The van der Waals surface area contributed by atoms with Gasteiger partial charge in [-0.3, -0.25) is 0 Å². The zero-order valence-corrected chi connectivity index (χ0v) is 14.4. The first-order valence-corrected chi connectivity index (χ1v) is 8.53. The molecule has 1 atom stereocenters. The number of primary amides is 1. The minimum absolute atomic E-state index is 0.321. The topological polar surface area (TPSA) is 93.8 Å². The number of nitrogens with zero attached hydrogens (tertiary/aromatic N) is 1. The van der Waals surface area contributed by atoms with Gasteiger partial charge < -0.3 is 10.5 Å². The number of hydrazone groups is 1. The van der Waals surface area contributed by atoms with Crippen LogP contribution < -0.4 is 11.2 Å². The maximum Gasteiger partial charge on any atom is 0.339 e. The third-order valence-electron chi connectivity index (χ3n) is 4.54. The largest absolute Gasteiger partial charge is 0.453 e. The highest BCUT2D eigenvalue weighted by atomic mass is 16.5. The van der Waals surface area contributed by atoms with Gasteiger partial charge in [0.2, 0.25) is 0 Å². The van der Waals surface area contributed by atoms with Crippen LogP contribution in [0.1, 0.15) is 34.0 Å². The van der Waals surface area contributed by atoms with Crippen LogP contribution in [0.15, 0.2) is 71.8 Å². The second kappa shape index (κ2) is 6.92. The van der Waals surface area contributed by atoms with Crippen molar-refractivity contribution in [2.45, 2.75) is 12.5 Å². The third-order valence-corrected chi connectivity index (χ3v) is 4.54. The van der Waals surface area contributed by atoms with Gasteiger partial charge in [-0.25, -0.2) is 15.0 Å². The lowest BCUT2D eigenvalue weighted by atomic mass is 9.96. The van der Waals surface area contributed by atoms with Crippen molar-refractivity contribution in [3.63, 3.8) is 0 Å². The molecular weight excluding hydrogens is 342 g/mol. The van der Waals surface area contributed by atoms with E-state index in [0.717, 1.165) is 21.9 Å². The Morgan fingerprint density at radius 3 is 2.59 bits per heavy atom. The van der Waals surface area contributed by atoms with Gasteiger partial charge in [-0.15, -0.1) is 0 Å². The summed E-state index contributed by atoms with van der Waals surface area (Å²) in [6.07, 6.45) is -0.143. The molecule has 6 nitrogen and oxygen atoms in total. The van der Waals surface area contributed by atoms with Crippen molar-refractivity contribution < 1.29 is 14.3 Å². The number of amides is 2. The van der Waals surface area contributed by atoms with Gasteiger partial charge in [-0.2, -0.15) is 5.10 Å². The average Bonchev–Trinajstić information content (AvgIpc) is 3.00. The Morgan fingerprint density at radius 1 is 1.04 bits per heavy atom. The SMILES string of the molecule is NC(=O)NN=C(CC1OC(=O)c2ccccc21)c1ccc2ccccc2c1. The smallest absolute Gasteiger partial charge is 0.339 e. The van der Waals surface area contributed by atoms with E-state index in [1.54, 1.807) is 12.1 Å². The lowest BCUT2D eigenvalue weighted by Gasteiger charge is -2.14. The first-order valence-electron chi connectivity index (χ1n) is 8.53. The molecule has 1 unspecified atom stereocenters. The molecule has 3 aromatic rings. The minimum atomic E-state index is -0.753. The molecule has 0 saturated carbocycles. The van der Waals surface area contributed by atoms with Crippen LogP contribution in [-0.2, 0) is 4.74 Å². The molecule has 3 aromatic carbocycles. The number of esters is 1. The van der Waals surface area contributed by atoms with E-state index in [-0.39, 0.29) is 5.97 Å². The maximum absolute atomic E-state index is 12.1. The van der Waals surface area contributed by atoms with Gasteiger partial charge >= 0.3 is 12.0 Å². The van der Waals surface area contributed by atoms with Gasteiger partial charge in [0.1, 0.15) is 6.10 Å². The van der Waals surface area contributed by atoms with Crippen LogP contribution in [0, 0.1) is 0 Å². The summed E-state index contributed by atoms with van der Waals surface area (Å²) in [6.45, 7) is 0. The molecule has 0 aromatic heterocycles. The normalized spacial score (nSPS) is 16.1. The van der Waals surface area contributed by atoms with Crippen LogP contribution in [0.25, 0.3) is 10.8 Å². The molecule has 4 rings (SSSR count). The summed E-state index contributed by atoms with van der Waals surface area (Å²) in [5.74, 6) is -0.351. The zero-order valence-electron chi connectivity index (χ0n) is 14.4. The van der Waals surface area contributed by atoms with E-state index < -0.39 is 12.1 Å². The van der Waals surface area contributed by atoms with Crippen molar-refractivity contribution in [3.05, 3.63) is 83.4 Å². The lowest BCUT2D eigenvalue weighted by molar-refractivity contribution is 0.0400. The summed E-state index contributed by atoms with van der Waals surface area (Å²) < 4.78 is 5.51. The summed E-state index contributed by atoms with van der Waals surface area (Å²) in [7, 11) is 0. The van der Waals surface area contributed by atoms with E-state index in [1.807, 2.05) is 54.6 Å². The zero-order chi connectivity index (χ0) is 18.8. The predicted octanol–water partition coefficient (Wildman–Crippen LogP) is 3.51. The fourth-order valence-corrected chi connectivity index (χ4v) is 3.27. The summed E-state index contributed by atoms with van der Waals surface area (Å²) >= 11 is 0. The highest BCUT2D eigenvalue weighted by molar-refractivity contribution is 6.05. The van der Waals surface area contributed by atoms with Gasteiger partial charge in [0.15, 0.2) is 0 Å². The molecule has 1 aliphatic heterocycles. The number of nitrogens with one attached hydrogen (secondary N) is 1. The second-order valence-corrected chi connectivity index (χ2v) is 6.28. The number of rotatable bonds is 4. The number of hydrogen-bond donors (Lipinski definition) is 2. The first-order chi connectivity index (χ1) is 13.1.